The van der Waals surface area contributed by atoms with Gasteiger partial charge in [-0.15, -0.1) is 0 Å². The van der Waals surface area contributed by atoms with Gasteiger partial charge in [0.1, 0.15) is 5.76 Å². The molecule has 6 nitrogen and oxygen atoms in total. The lowest BCUT2D eigenvalue weighted by Gasteiger charge is -2.09. The number of hydrogen-bond donors (Lipinski definition) is 2. The van der Waals surface area contributed by atoms with Crippen molar-refractivity contribution in [1.82, 2.24) is 15.8 Å². The summed E-state index contributed by atoms with van der Waals surface area (Å²) in [4.78, 5) is 23.7. The first-order chi connectivity index (χ1) is 12.2. The van der Waals surface area contributed by atoms with E-state index in [4.69, 9.17) is 4.52 Å². The molecule has 1 aromatic carbocycles. The Kier molecular flexibility index (Phi) is 6.01. The Morgan fingerprint density at radius 1 is 1.08 bits per heavy atom. The van der Waals surface area contributed by atoms with Gasteiger partial charge in [-0.2, -0.15) is 13.2 Å². The SMILES string of the molecule is Cc1noc(C)c1CC(=O)NCCNC(=O)c1ccc(C(F)(F)F)cc1. The Morgan fingerprint density at radius 3 is 2.23 bits per heavy atom. The summed E-state index contributed by atoms with van der Waals surface area (Å²) in [5, 5.41) is 8.93. The van der Waals surface area contributed by atoms with Crippen molar-refractivity contribution in [3.05, 3.63) is 52.4 Å². The second-order valence-corrected chi connectivity index (χ2v) is 5.66. The van der Waals surface area contributed by atoms with E-state index in [2.05, 4.69) is 15.8 Å². The largest absolute Gasteiger partial charge is 0.416 e. The maximum Gasteiger partial charge on any atom is 0.416 e. The number of amides is 2. The number of benzene rings is 1. The molecule has 2 amide bonds. The molecule has 2 aromatic rings. The molecule has 0 bridgehead atoms. The maximum absolute atomic E-state index is 12.5. The summed E-state index contributed by atoms with van der Waals surface area (Å²) in [7, 11) is 0. The minimum absolute atomic E-state index is 0.111. The predicted octanol–water partition coefficient (Wildman–Crippen LogP) is 2.40. The number of aryl methyl sites for hydroxylation is 2. The normalized spacial score (nSPS) is 11.3. The van der Waals surface area contributed by atoms with Gasteiger partial charge in [-0.05, 0) is 38.1 Å². The van der Waals surface area contributed by atoms with Gasteiger partial charge in [0, 0.05) is 24.2 Å². The van der Waals surface area contributed by atoms with E-state index in [1.165, 1.54) is 0 Å². The maximum atomic E-state index is 12.5. The van der Waals surface area contributed by atoms with Crippen LogP contribution in [-0.4, -0.2) is 30.1 Å². The van der Waals surface area contributed by atoms with Gasteiger partial charge >= 0.3 is 6.18 Å². The zero-order valence-electron chi connectivity index (χ0n) is 14.2. The zero-order valence-corrected chi connectivity index (χ0v) is 14.2. The molecule has 0 aliphatic heterocycles. The van der Waals surface area contributed by atoms with Crippen LogP contribution in [0, 0.1) is 13.8 Å². The molecule has 0 aliphatic rings. The molecule has 0 aliphatic carbocycles. The van der Waals surface area contributed by atoms with Gasteiger partial charge in [-0.25, -0.2) is 0 Å². The summed E-state index contributed by atoms with van der Waals surface area (Å²) in [6, 6.07) is 3.91. The molecule has 0 spiro atoms. The number of aromatic nitrogens is 1. The van der Waals surface area contributed by atoms with Crippen molar-refractivity contribution in [3.8, 4) is 0 Å². The van der Waals surface area contributed by atoms with E-state index in [0.717, 1.165) is 29.8 Å². The number of halogens is 3. The van der Waals surface area contributed by atoms with E-state index >= 15 is 0 Å². The van der Waals surface area contributed by atoms with Gasteiger partial charge < -0.3 is 15.2 Å². The Hall–Kier alpha value is -2.84. The first-order valence-corrected chi connectivity index (χ1v) is 7.82. The van der Waals surface area contributed by atoms with Crippen LogP contribution in [0.4, 0.5) is 13.2 Å². The van der Waals surface area contributed by atoms with Crippen LogP contribution in [0.3, 0.4) is 0 Å². The molecule has 0 radical (unpaired) electrons. The highest BCUT2D eigenvalue weighted by atomic mass is 19.4. The molecule has 0 saturated carbocycles. The van der Waals surface area contributed by atoms with Gasteiger partial charge in [0.15, 0.2) is 0 Å². The molecule has 0 atom stereocenters. The molecule has 2 rings (SSSR count). The van der Waals surface area contributed by atoms with Gasteiger partial charge in [0.05, 0.1) is 17.7 Å². The fourth-order valence-corrected chi connectivity index (χ4v) is 2.27. The minimum Gasteiger partial charge on any atom is -0.361 e. The number of alkyl halides is 3. The topological polar surface area (TPSA) is 84.2 Å². The number of carbonyl (C=O) groups is 2. The van der Waals surface area contributed by atoms with Crippen molar-refractivity contribution in [2.24, 2.45) is 0 Å². The van der Waals surface area contributed by atoms with Gasteiger partial charge in [-0.1, -0.05) is 5.16 Å². The third-order valence-electron chi connectivity index (χ3n) is 3.73. The standard InChI is InChI=1S/C17H18F3N3O3/c1-10-14(11(2)26-23-10)9-15(24)21-7-8-22-16(25)12-3-5-13(6-4-12)17(18,19)20/h3-6H,7-9H2,1-2H3,(H,21,24)(H,22,25). The highest BCUT2D eigenvalue weighted by molar-refractivity contribution is 5.94. The summed E-state index contributed by atoms with van der Waals surface area (Å²) >= 11 is 0. The highest BCUT2D eigenvalue weighted by Crippen LogP contribution is 2.29. The van der Waals surface area contributed by atoms with Crippen molar-refractivity contribution in [3.63, 3.8) is 0 Å². The molecular weight excluding hydrogens is 351 g/mol. The molecule has 2 N–H and O–H groups in total. The van der Waals surface area contributed by atoms with Crippen LogP contribution < -0.4 is 10.6 Å². The van der Waals surface area contributed by atoms with Crippen molar-refractivity contribution in [2.75, 3.05) is 13.1 Å². The minimum atomic E-state index is -4.44. The highest BCUT2D eigenvalue weighted by Gasteiger charge is 2.30. The lowest BCUT2D eigenvalue weighted by Crippen LogP contribution is -2.35. The number of rotatable bonds is 6. The van der Waals surface area contributed by atoms with Crippen LogP contribution in [0.25, 0.3) is 0 Å². The summed E-state index contributed by atoms with van der Waals surface area (Å²) in [5.74, 6) is -0.185. The second kappa shape index (κ2) is 8.03. The number of carbonyl (C=O) groups excluding carboxylic acids is 2. The molecule has 0 unspecified atom stereocenters. The monoisotopic (exact) mass is 369 g/mol. The first-order valence-electron chi connectivity index (χ1n) is 7.82. The summed E-state index contributed by atoms with van der Waals surface area (Å²) in [5.41, 5.74) is 0.658. The van der Waals surface area contributed by atoms with Crippen molar-refractivity contribution < 1.29 is 27.3 Å². The molecular formula is C17H18F3N3O3. The Morgan fingerprint density at radius 2 is 1.69 bits per heavy atom. The Bertz CT molecular complexity index is 763. The molecule has 9 heteroatoms. The van der Waals surface area contributed by atoms with Crippen LogP contribution in [0.15, 0.2) is 28.8 Å². The fraction of sp³-hybridized carbons (Fsp3) is 0.353. The lowest BCUT2D eigenvalue weighted by atomic mass is 10.1. The van der Waals surface area contributed by atoms with E-state index in [1.807, 2.05) is 0 Å². The smallest absolute Gasteiger partial charge is 0.361 e. The molecule has 0 saturated heterocycles. The fourth-order valence-electron chi connectivity index (χ4n) is 2.27. The Balaban J connectivity index is 1.75. The molecule has 140 valence electrons. The lowest BCUT2D eigenvalue weighted by molar-refractivity contribution is -0.137. The molecule has 0 fully saturated rings. The summed E-state index contributed by atoms with van der Waals surface area (Å²) < 4.78 is 42.4. The quantitative estimate of drug-likeness (QED) is 0.766. The third-order valence-corrected chi connectivity index (χ3v) is 3.73. The predicted molar refractivity (Wildman–Crippen MR) is 86.5 cm³/mol. The summed E-state index contributed by atoms with van der Waals surface area (Å²) in [6.07, 6.45) is -4.32. The number of nitrogens with zero attached hydrogens (tertiary/aromatic N) is 1. The van der Waals surface area contributed by atoms with Crippen molar-refractivity contribution in [1.29, 1.82) is 0 Å². The third kappa shape index (κ3) is 5.08. The van der Waals surface area contributed by atoms with Crippen LogP contribution >= 0.6 is 0 Å². The molecule has 1 aromatic heterocycles. The summed E-state index contributed by atoms with van der Waals surface area (Å²) in [6.45, 7) is 3.79. The zero-order chi connectivity index (χ0) is 19.3. The first kappa shape index (κ1) is 19.5. The van der Waals surface area contributed by atoms with E-state index in [1.54, 1.807) is 13.8 Å². The molecule has 26 heavy (non-hydrogen) atoms. The van der Waals surface area contributed by atoms with E-state index in [9.17, 15) is 22.8 Å². The average Bonchev–Trinajstić information content (AvgIpc) is 2.90. The average molecular weight is 369 g/mol. The number of hydrogen-bond acceptors (Lipinski definition) is 4. The molecule has 1 heterocycles. The van der Waals surface area contributed by atoms with Gasteiger partial charge in [0.2, 0.25) is 5.91 Å². The Labute approximate surface area is 147 Å². The van der Waals surface area contributed by atoms with Crippen LogP contribution in [0.5, 0.6) is 0 Å². The van der Waals surface area contributed by atoms with Gasteiger partial charge in [0.25, 0.3) is 5.91 Å². The second-order valence-electron chi connectivity index (χ2n) is 5.66. The van der Waals surface area contributed by atoms with Gasteiger partial charge in [-0.3, -0.25) is 9.59 Å². The van der Waals surface area contributed by atoms with Crippen molar-refractivity contribution >= 4 is 11.8 Å². The van der Waals surface area contributed by atoms with E-state index < -0.39 is 17.6 Å². The van der Waals surface area contributed by atoms with Crippen LogP contribution in [-0.2, 0) is 17.4 Å². The van der Waals surface area contributed by atoms with Crippen LogP contribution in [0.2, 0.25) is 0 Å². The van der Waals surface area contributed by atoms with Crippen LogP contribution in [0.1, 0.15) is 32.9 Å². The van der Waals surface area contributed by atoms with E-state index in [-0.39, 0.29) is 31.0 Å². The van der Waals surface area contributed by atoms with Crippen molar-refractivity contribution in [2.45, 2.75) is 26.4 Å². The van der Waals surface area contributed by atoms with E-state index in [0.29, 0.717) is 11.5 Å². The number of nitrogens with one attached hydrogen (secondary N) is 2.